The number of aromatic nitrogens is 4. The molecule has 0 bridgehead atoms. The lowest BCUT2D eigenvalue weighted by atomic mass is 10.1. The van der Waals surface area contributed by atoms with Crippen LogP contribution in [0.3, 0.4) is 0 Å². The summed E-state index contributed by atoms with van der Waals surface area (Å²) < 4.78 is 42.4. The zero-order valence-electron chi connectivity index (χ0n) is 21.2. The van der Waals surface area contributed by atoms with Crippen LogP contribution < -0.4 is 15.6 Å². The molecule has 4 aromatic rings. The smallest absolute Gasteiger partial charge is 0.255 e. The third kappa shape index (κ3) is 5.94. The maximum atomic E-state index is 15.0. The monoisotopic (exact) mass is 523 g/mol. The average molecular weight is 524 g/mol. The van der Waals surface area contributed by atoms with Crippen molar-refractivity contribution < 1.29 is 23.0 Å². The van der Waals surface area contributed by atoms with Crippen LogP contribution in [-0.2, 0) is 31.0 Å². The van der Waals surface area contributed by atoms with Crippen molar-refractivity contribution in [2.75, 3.05) is 14.2 Å². The highest BCUT2D eigenvalue weighted by atomic mass is 19.1. The first kappa shape index (κ1) is 26.7. The summed E-state index contributed by atoms with van der Waals surface area (Å²) in [6.07, 6.45) is 4.53. The Kier molecular flexibility index (Phi) is 8.27. The number of aryl methyl sites for hydroxylation is 1. The van der Waals surface area contributed by atoms with Crippen molar-refractivity contribution in [3.05, 3.63) is 111 Å². The molecule has 1 amide bonds. The number of nitrogens with one attached hydrogen (secondary N) is 1. The van der Waals surface area contributed by atoms with Gasteiger partial charge in [-0.1, -0.05) is 18.2 Å². The van der Waals surface area contributed by atoms with E-state index in [2.05, 4.69) is 15.4 Å². The summed E-state index contributed by atoms with van der Waals surface area (Å²) >= 11 is 0. The Labute approximate surface area is 217 Å². The SMILES string of the molecule is COCc1nn(Cc2ccc(Cn3cccc(C)c3=O)cc2F)cc1C(=O)NCc1nccc(OC)c1F. The van der Waals surface area contributed by atoms with Gasteiger partial charge in [-0.2, -0.15) is 5.10 Å². The maximum Gasteiger partial charge on any atom is 0.255 e. The lowest BCUT2D eigenvalue weighted by Crippen LogP contribution is -2.24. The molecule has 3 heterocycles. The van der Waals surface area contributed by atoms with E-state index < -0.39 is 17.5 Å². The van der Waals surface area contributed by atoms with E-state index in [9.17, 15) is 18.4 Å². The van der Waals surface area contributed by atoms with Crippen LogP contribution in [0.2, 0.25) is 0 Å². The number of nitrogens with zero attached hydrogens (tertiary/aromatic N) is 4. The minimum atomic E-state index is -0.658. The fourth-order valence-electron chi connectivity index (χ4n) is 3.95. The molecule has 0 aliphatic heterocycles. The van der Waals surface area contributed by atoms with E-state index in [1.54, 1.807) is 37.4 Å². The lowest BCUT2D eigenvalue weighted by molar-refractivity contribution is 0.0945. The molecule has 0 radical (unpaired) electrons. The van der Waals surface area contributed by atoms with E-state index in [1.165, 1.54) is 48.0 Å². The number of carbonyl (C=O) groups excluding carboxylic acids is 1. The normalized spacial score (nSPS) is 11.0. The number of ether oxygens (including phenoxy) is 2. The number of rotatable bonds is 10. The highest BCUT2D eigenvalue weighted by molar-refractivity contribution is 5.95. The summed E-state index contributed by atoms with van der Waals surface area (Å²) in [4.78, 5) is 29.1. The molecule has 3 aromatic heterocycles. The average Bonchev–Trinajstić information content (AvgIpc) is 3.30. The number of hydrogen-bond donors (Lipinski definition) is 1. The Bertz CT molecular complexity index is 1520. The highest BCUT2D eigenvalue weighted by Gasteiger charge is 2.19. The first-order valence-electron chi connectivity index (χ1n) is 11.7. The summed E-state index contributed by atoms with van der Waals surface area (Å²) in [5, 5.41) is 7.00. The van der Waals surface area contributed by atoms with E-state index in [0.717, 1.165) is 0 Å². The molecule has 198 valence electrons. The van der Waals surface area contributed by atoms with Crippen LogP contribution >= 0.6 is 0 Å². The van der Waals surface area contributed by atoms with Gasteiger partial charge in [0.2, 0.25) is 0 Å². The van der Waals surface area contributed by atoms with Gasteiger partial charge in [-0.25, -0.2) is 8.78 Å². The fourth-order valence-corrected chi connectivity index (χ4v) is 3.95. The molecule has 0 aliphatic carbocycles. The number of hydrogen-bond acceptors (Lipinski definition) is 6. The van der Waals surface area contributed by atoms with Crippen molar-refractivity contribution >= 4 is 5.91 Å². The van der Waals surface area contributed by atoms with E-state index in [4.69, 9.17) is 9.47 Å². The second-order valence-corrected chi connectivity index (χ2v) is 8.63. The molecule has 1 aromatic carbocycles. The van der Waals surface area contributed by atoms with Crippen LogP contribution in [0.4, 0.5) is 8.78 Å². The number of benzene rings is 1. The predicted octanol–water partition coefficient (Wildman–Crippen LogP) is 3.21. The summed E-state index contributed by atoms with van der Waals surface area (Å²) in [5.74, 6) is -1.60. The van der Waals surface area contributed by atoms with E-state index >= 15 is 0 Å². The minimum absolute atomic E-state index is 0.0217. The highest BCUT2D eigenvalue weighted by Crippen LogP contribution is 2.19. The van der Waals surface area contributed by atoms with E-state index in [-0.39, 0.29) is 48.8 Å². The lowest BCUT2D eigenvalue weighted by Gasteiger charge is -2.09. The van der Waals surface area contributed by atoms with Gasteiger partial charge in [-0.15, -0.1) is 0 Å². The molecule has 9 nitrogen and oxygen atoms in total. The Morgan fingerprint density at radius 3 is 2.66 bits per heavy atom. The van der Waals surface area contributed by atoms with Gasteiger partial charge in [-0.3, -0.25) is 19.3 Å². The second-order valence-electron chi connectivity index (χ2n) is 8.63. The van der Waals surface area contributed by atoms with Gasteiger partial charge < -0.3 is 19.4 Å². The molecule has 4 rings (SSSR count). The zero-order chi connectivity index (χ0) is 27.2. The van der Waals surface area contributed by atoms with Crippen molar-refractivity contribution in [1.82, 2.24) is 24.6 Å². The second kappa shape index (κ2) is 11.8. The quantitative estimate of drug-likeness (QED) is 0.343. The fraction of sp³-hybridized carbons (Fsp3) is 0.259. The molecular formula is C27H27F2N5O4. The van der Waals surface area contributed by atoms with Gasteiger partial charge in [0.1, 0.15) is 11.5 Å². The molecule has 38 heavy (non-hydrogen) atoms. The molecule has 0 unspecified atom stereocenters. The molecule has 0 saturated heterocycles. The van der Waals surface area contributed by atoms with Crippen molar-refractivity contribution in [2.24, 2.45) is 0 Å². The largest absolute Gasteiger partial charge is 0.494 e. The van der Waals surface area contributed by atoms with Crippen molar-refractivity contribution in [2.45, 2.75) is 33.2 Å². The van der Waals surface area contributed by atoms with Crippen molar-refractivity contribution in [3.63, 3.8) is 0 Å². The van der Waals surface area contributed by atoms with Crippen LogP contribution in [0.5, 0.6) is 5.75 Å². The number of carbonyl (C=O) groups is 1. The molecule has 11 heteroatoms. The Morgan fingerprint density at radius 1 is 1.11 bits per heavy atom. The first-order valence-corrected chi connectivity index (χ1v) is 11.7. The summed E-state index contributed by atoms with van der Waals surface area (Å²) in [7, 11) is 2.81. The van der Waals surface area contributed by atoms with Crippen molar-refractivity contribution in [1.29, 1.82) is 0 Å². The van der Waals surface area contributed by atoms with E-state index in [1.807, 2.05) is 0 Å². The standard InChI is InChI=1S/C27H27F2N5O4/c1-17-5-4-10-33(27(17)36)13-18-6-7-19(21(28)11-18)14-34-15-20(23(32-34)16-37-2)26(35)31-12-22-25(29)24(38-3)8-9-30-22/h4-11,15H,12-14,16H2,1-3H3,(H,31,35). The Hall–Kier alpha value is -4.38. The third-order valence-electron chi connectivity index (χ3n) is 5.94. The van der Waals surface area contributed by atoms with E-state index in [0.29, 0.717) is 22.4 Å². The van der Waals surface area contributed by atoms with Crippen LogP contribution in [0.15, 0.2) is 59.8 Å². The number of methoxy groups -OCH3 is 2. The van der Waals surface area contributed by atoms with Gasteiger partial charge in [-0.05, 0) is 24.6 Å². The van der Waals surface area contributed by atoms with Gasteiger partial charge in [0, 0.05) is 42.9 Å². The third-order valence-corrected chi connectivity index (χ3v) is 5.94. The summed E-state index contributed by atoms with van der Waals surface area (Å²) in [5.41, 5.74) is 2.05. The van der Waals surface area contributed by atoms with Gasteiger partial charge in [0.15, 0.2) is 11.6 Å². The van der Waals surface area contributed by atoms with Gasteiger partial charge in [0.25, 0.3) is 11.5 Å². The Balaban J connectivity index is 1.49. The summed E-state index contributed by atoms with van der Waals surface area (Å²) in [6, 6.07) is 9.64. The predicted molar refractivity (Wildman–Crippen MR) is 135 cm³/mol. The Morgan fingerprint density at radius 2 is 1.92 bits per heavy atom. The number of pyridine rings is 2. The topological polar surface area (TPSA) is 100 Å². The van der Waals surface area contributed by atoms with Crippen LogP contribution in [0, 0.1) is 18.6 Å². The maximum absolute atomic E-state index is 15.0. The first-order chi connectivity index (χ1) is 18.3. The molecule has 0 atom stereocenters. The minimum Gasteiger partial charge on any atom is -0.494 e. The van der Waals surface area contributed by atoms with Crippen LogP contribution in [0.1, 0.15) is 38.4 Å². The zero-order valence-corrected chi connectivity index (χ0v) is 21.2. The summed E-state index contributed by atoms with van der Waals surface area (Å²) in [6.45, 7) is 1.91. The van der Waals surface area contributed by atoms with Crippen molar-refractivity contribution in [3.8, 4) is 5.75 Å². The number of halogens is 2. The molecule has 0 saturated carbocycles. The molecule has 0 spiro atoms. The van der Waals surface area contributed by atoms with Crippen LogP contribution in [0.25, 0.3) is 0 Å². The molecule has 0 aliphatic rings. The molecule has 0 fully saturated rings. The van der Waals surface area contributed by atoms with Gasteiger partial charge in [0.05, 0.1) is 44.6 Å². The number of amides is 1. The molecular weight excluding hydrogens is 496 g/mol. The van der Waals surface area contributed by atoms with Gasteiger partial charge >= 0.3 is 0 Å². The molecule has 1 N–H and O–H groups in total. The van der Waals surface area contributed by atoms with Crippen LogP contribution in [-0.4, -0.2) is 39.5 Å².